The van der Waals surface area contributed by atoms with Crippen molar-refractivity contribution in [1.82, 2.24) is 19.6 Å². The van der Waals surface area contributed by atoms with Gasteiger partial charge in [-0.1, -0.05) is 0 Å². The van der Waals surface area contributed by atoms with Crippen molar-refractivity contribution in [3.05, 3.63) is 54.0 Å². The van der Waals surface area contributed by atoms with Crippen LogP contribution in [-0.4, -0.2) is 38.4 Å². The lowest BCUT2D eigenvalue weighted by atomic mass is 9.90. The van der Waals surface area contributed by atoms with Crippen molar-refractivity contribution in [2.24, 2.45) is 4.99 Å². The standard InChI is InChI=1S/C19H18N6/c1-2-14(11-20-6-1)17-9-19(25-18(24-17)5-7-22-25)23-16-4-3-13-10-21-12-15(13)8-16/h1-2,5-7,9,11-12,16,23H,3-4,8,10H2. The summed E-state index contributed by atoms with van der Waals surface area (Å²) in [4.78, 5) is 13.3. The van der Waals surface area contributed by atoms with Gasteiger partial charge >= 0.3 is 0 Å². The first-order valence-electron chi connectivity index (χ1n) is 8.59. The molecule has 25 heavy (non-hydrogen) atoms. The van der Waals surface area contributed by atoms with Crippen molar-refractivity contribution in [2.45, 2.75) is 25.3 Å². The van der Waals surface area contributed by atoms with E-state index in [1.165, 1.54) is 11.1 Å². The van der Waals surface area contributed by atoms with Crippen LogP contribution in [0.1, 0.15) is 19.3 Å². The highest BCUT2D eigenvalue weighted by Crippen LogP contribution is 2.30. The molecule has 1 unspecified atom stereocenters. The fourth-order valence-electron chi connectivity index (χ4n) is 3.62. The molecule has 6 heteroatoms. The van der Waals surface area contributed by atoms with E-state index in [9.17, 15) is 0 Å². The van der Waals surface area contributed by atoms with E-state index in [1.807, 2.05) is 35.1 Å². The Labute approximate surface area is 145 Å². The molecule has 0 fully saturated rings. The third-order valence-electron chi connectivity index (χ3n) is 4.91. The van der Waals surface area contributed by atoms with Crippen LogP contribution in [0.2, 0.25) is 0 Å². The average Bonchev–Trinajstić information content (AvgIpc) is 3.31. The molecule has 1 aliphatic carbocycles. The summed E-state index contributed by atoms with van der Waals surface area (Å²) in [6.45, 7) is 0.895. The molecule has 5 rings (SSSR count). The molecule has 124 valence electrons. The molecule has 0 amide bonds. The van der Waals surface area contributed by atoms with E-state index in [0.29, 0.717) is 6.04 Å². The summed E-state index contributed by atoms with van der Waals surface area (Å²) < 4.78 is 1.87. The lowest BCUT2D eigenvalue weighted by Gasteiger charge is -2.25. The van der Waals surface area contributed by atoms with Crippen molar-refractivity contribution >= 4 is 17.7 Å². The quantitative estimate of drug-likeness (QED) is 0.801. The van der Waals surface area contributed by atoms with Crippen LogP contribution in [0.4, 0.5) is 5.82 Å². The molecule has 1 N–H and O–H groups in total. The van der Waals surface area contributed by atoms with Crippen molar-refractivity contribution in [1.29, 1.82) is 0 Å². The highest BCUT2D eigenvalue weighted by Gasteiger charge is 2.23. The van der Waals surface area contributed by atoms with Crippen LogP contribution in [0.25, 0.3) is 16.9 Å². The van der Waals surface area contributed by atoms with Crippen molar-refractivity contribution < 1.29 is 0 Å². The van der Waals surface area contributed by atoms with E-state index in [0.717, 1.165) is 48.5 Å². The predicted molar refractivity (Wildman–Crippen MR) is 97.9 cm³/mol. The van der Waals surface area contributed by atoms with Gasteiger partial charge < -0.3 is 5.32 Å². The molecule has 3 aromatic heterocycles. The van der Waals surface area contributed by atoms with E-state index in [2.05, 4.69) is 26.5 Å². The summed E-state index contributed by atoms with van der Waals surface area (Å²) in [5, 5.41) is 8.10. The molecule has 1 aliphatic heterocycles. The van der Waals surface area contributed by atoms with Crippen LogP contribution < -0.4 is 5.32 Å². The minimum atomic E-state index is 0.389. The fourth-order valence-corrected chi connectivity index (χ4v) is 3.62. The van der Waals surface area contributed by atoms with Crippen LogP contribution >= 0.6 is 0 Å². The normalized spacial score (nSPS) is 19.4. The Kier molecular flexibility index (Phi) is 3.33. The third-order valence-corrected chi connectivity index (χ3v) is 4.91. The number of nitrogens with zero attached hydrogens (tertiary/aromatic N) is 5. The number of aliphatic imine (C=N–C) groups is 1. The number of hydrogen-bond donors (Lipinski definition) is 1. The Morgan fingerprint density at radius 3 is 3.12 bits per heavy atom. The molecule has 0 radical (unpaired) electrons. The Bertz CT molecular complexity index is 986. The molecule has 2 aliphatic rings. The van der Waals surface area contributed by atoms with Gasteiger partial charge in [0.2, 0.25) is 0 Å². The summed E-state index contributed by atoms with van der Waals surface area (Å²) in [7, 11) is 0. The maximum atomic E-state index is 4.70. The van der Waals surface area contributed by atoms with Gasteiger partial charge in [-0.3, -0.25) is 9.98 Å². The van der Waals surface area contributed by atoms with E-state index >= 15 is 0 Å². The van der Waals surface area contributed by atoms with E-state index < -0.39 is 0 Å². The average molecular weight is 330 g/mol. The number of fused-ring (bicyclic) bond motifs is 1. The minimum absolute atomic E-state index is 0.389. The molecule has 0 saturated carbocycles. The summed E-state index contributed by atoms with van der Waals surface area (Å²) >= 11 is 0. The number of rotatable bonds is 3. The Hall–Kier alpha value is -3.02. The van der Waals surface area contributed by atoms with Gasteiger partial charge in [-0.25, -0.2) is 4.98 Å². The zero-order chi connectivity index (χ0) is 16.6. The van der Waals surface area contributed by atoms with Crippen LogP contribution in [0.15, 0.2) is 59.0 Å². The SMILES string of the molecule is C1=NCC2=C1CC(Nc1cc(-c3cccnc3)nc3ccnn13)CC2. The molecule has 4 heterocycles. The first-order valence-corrected chi connectivity index (χ1v) is 8.59. The lowest BCUT2D eigenvalue weighted by molar-refractivity contribution is 0.610. The second-order valence-corrected chi connectivity index (χ2v) is 6.55. The molecule has 0 bridgehead atoms. The van der Waals surface area contributed by atoms with Gasteiger partial charge in [0.05, 0.1) is 18.4 Å². The zero-order valence-corrected chi connectivity index (χ0v) is 13.8. The minimum Gasteiger partial charge on any atom is -0.367 e. The zero-order valence-electron chi connectivity index (χ0n) is 13.8. The molecule has 0 saturated heterocycles. The van der Waals surface area contributed by atoms with Gasteiger partial charge in [0.25, 0.3) is 0 Å². The van der Waals surface area contributed by atoms with Gasteiger partial charge in [-0.15, -0.1) is 0 Å². The number of anilines is 1. The monoisotopic (exact) mass is 330 g/mol. The molecule has 6 nitrogen and oxygen atoms in total. The molecule has 1 atom stereocenters. The van der Waals surface area contributed by atoms with Crippen molar-refractivity contribution in [2.75, 3.05) is 11.9 Å². The van der Waals surface area contributed by atoms with Gasteiger partial charge in [0.1, 0.15) is 5.82 Å². The highest BCUT2D eigenvalue weighted by molar-refractivity contribution is 5.83. The molecular weight excluding hydrogens is 312 g/mol. The van der Waals surface area contributed by atoms with Crippen molar-refractivity contribution in [3.63, 3.8) is 0 Å². The lowest BCUT2D eigenvalue weighted by Crippen LogP contribution is -2.25. The first-order chi connectivity index (χ1) is 12.4. The van der Waals surface area contributed by atoms with Gasteiger partial charge in [-0.2, -0.15) is 9.61 Å². The highest BCUT2D eigenvalue weighted by atomic mass is 15.3. The van der Waals surface area contributed by atoms with Crippen molar-refractivity contribution in [3.8, 4) is 11.3 Å². The van der Waals surface area contributed by atoms with E-state index in [1.54, 1.807) is 12.4 Å². The van der Waals surface area contributed by atoms with Crippen LogP contribution in [0.5, 0.6) is 0 Å². The Morgan fingerprint density at radius 1 is 1.20 bits per heavy atom. The number of hydrogen-bond acceptors (Lipinski definition) is 5. The predicted octanol–water partition coefficient (Wildman–Crippen LogP) is 3.14. The maximum absolute atomic E-state index is 4.70. The fraction of sp³-hybridized carbons (Fsp3) is 0.263. The summed E-state index contributed by atoms with van der Waals surface area (Å²) in [6.07, 6.45) is 10.7. The van der Waals surface area contributed by atoms with Gasteiger partial charge in [0.15, 0.2) is 5.65 Å². The summed E-state index contributed by atoms with van der Waals surface area (Å²) in [5.41, 5.74) is 5.66. The molecule has 0 spiro atoms. The maximum Gasteiger partial charge on any atom is 0.157 e. The molecular formula is C19H18N6. The van der Waals surface area contributed by atoms with E-state index in [-0.39, 0.29) is 0 Å². The Balaban J connectivity index is 1.50. The molecule has 3 aromatic rings. The van der Waals surface area contributed by atoms with Crippen LogP contribution in [0, 0.1) is 0 Å². The second-order valence-electron chi connectivity index (χ2n) is 6.55. The number of aromatic nitrogens is 4. The Morgan fingerprint density at radius 2 is 2.20 bits per heavy atom. The second kappa shape index (κ2) is 5.81. The third kappa shape index (κ3) is 2.59. The van der Waals surface area contributed by atoms with E-state index in [4.69, 9.17) is 4.98 Å². The molecule has 0 aromatic carbocycles. The largest absolute Gasteiger partial charge is 0.367 e. The van der Waals surface area contributed by atoms with Gasteiger partial charge in [0, 0.05) is 42.3 Å². The summed E-state index contributed by atoms with van der Waals surface area (Å²) in [6, 6.07) is 8.33. The smallest absolute Gasteiger partial charge is 0.157 e. The van der Waals surface area contributed by atoms with Crippen LogP contribution in [0.3, 0.4) is 0 Å². The van der Waals surface area contributed by atoms with Gasteiger partial charge in [-0.05, 0) is 42.5 Å². The number of pyridine rings is 1. The first kappa shape index (κ1) is 14.3. The van der Waals surface area contributed by atoms with Crippen LogP contribution in [-0.2, 0) is 0 Å². The number of nitrogens with one attached hydrogen (secondary N) is 1. The topological polar surface area (TPSA) is 67.5 Å². The summed E-state index contributed by atoms with van der Waals surface area (Å²) in [5.74, 6) is 0.970.